The van der Waals surface area contributed by atoms with Crippen LogP contribution in [0.4, 0.5) is 4.39 Å². The zero-order valence-corrected chi connectivity index (χ0v) is 11.7. The Morgan fingerprint density at radius 2 is 2.11 bits per heavy atom. The first kappa shape index (κ1) is 13.1. The van der Waals surface area contributed by atoms with E-state index in [0.29, 0.717) is 13.1 Å². The van der Waals surface area contributed by atoms with Gasteiger partial charge in [-0.25, -0.2) is 0 Å². The maximum Gasteiger partial charge on any atom is 0.256 e. The SMILES string of the molecule is O=C(NCc1ccc(I)cc1)C1=C(F)NCC=C1. The minimum absolute atomic E-state index is 0.0479. The molecule has 0 radical (unpaired) electrons. The van der Waals surface area contributed by atoms with E-state index in [0.717, 1.165) is 9.13 Å². The highest BCUT2D eigenvalue weighted by atomic mass is 127. The molecule has 18 heavy (non-hydrogen) atoms. The fourth-order valence-electron chi connectivity index (χ4n) is 1.55. The topological polar surface area (TPSA) is 41.1 Å². The Balaban J connectivity index is 1.96. The number of carbonyl (C=O) groups is 1. The van der Waals surface area contributed by atoms with E-state index < -0.39 is 11.9 Å². The molecule has 0 spiro atoms. The molecule has 0 saturated heterocycles. The zero-order chi connectivity index (χ0) is 13.0. The van der Waals surface area contributed by atoms with Gasteiger partial charge in [0.05, 0.1) is 5.57 Å². The second kappa shape index (κ2) is 5.99. The van der Waals surface area contributed by atoms with Gasteiger partial charge in [0, 0.05) is 16.7 Å². The van der Waals surface area contributed by atoms with Gasteiger partial charge in [0.25, 0.3) is 5.91 Å². The lowest BCUT2D eigenvalue weighted by molar-refractivity contribution is -0.117. The van der Waals surface area contributed by atoms with Gasteiger partial charge in [-0.1, -0.05) is 18.2 Å². The lowest BCUT2D eigenvalue weighted by atomic mass is 10.2. The van der Waals surface area contributed by atoms with Gasteiger partial charge < -0.3 is 10.6 Å². The third-order valence-corrected chi connectivity index (χ3v) is 3.23. The maximum atomic E-state index is 13.3. The number of benzene rings is 1. The van der Waals surface area contributed by atoms with Crippen LogP contribution in [0.3, 0.4) is 0 Å². The quantitative estimate of drug-likeness (QED) is 0.643. The van der Waals surface area contributed by atoms with E-state index in [9.17, 15) is 9.18 Å². The third kappa shape index (κ3) is 3.32. The Labute approximate surface area is 118 Å². The molecule has 1 aliphatic heterocycles. The fourth-order valence-corrected chi connectivity index (χ4v) is 1.91. The van der Waals surface area contributed by atoms with Crippen LogP contribution < -0.4 is 10.6 Å². The molecule has 0 atom stereocenters. The summed E-state index contributed by atoms with van der Waals surface area (Å²) in [6.07, 6.45) is 3.21. The first-order valence-electron chi connectivity index (χ1n) is 5.49. The highest BCUT2D eigenvalue weighted by molar-refractivity contribution is 14.1. The predicted molar refractivity (Wildman–Crippen MR) is 76.3 cm³/mol. The zero-order valence-electron chi connectivity index (χ0n) is 9.54. The molecule has 1 amide bonds. The first-order valence-corrected chi connectivity index (χ1v) is 6.57. The monoisotopic (exact) mass is 358 g/mol. The Hall–Kier alpha value is -1.37. The molecule has 1 aromatic rings. The number of hydrogen-bond donors (Lipinski definition) is 2. The maximum absolute atomic E-state index is 13.3. The Bertz CT molecular complexity index is 508. The van der Waals surface area contributed by atoms with E-state index in [1.165, 1.54) is 6.08 Å². The number of nitrogens with one attached hydrogen (secondary N) is 2. The normalized spacial score (nSPS) is 14.3. The highest BCUT2D eigenvalue weighted by Crippen LogP contribution is 2.10. The number of dihydropyridines is 1. The van der Waals surface area contributed by atoms with Gasteiger partial charge in [-0.15, -0.1) is 0 Å². The summed E-state index contributed by atoms with van der Waals surface area (Å²) >= 11 is 2.21. The van der Waals surface area contributed by atoms with Crippen molar-refractivity contribution in [2.45, 2.75) is 6.54 Å². The number of hydrogen-bond acceptors (Lipinski definition) is 2. The van der Waals surface area contributed by atoms with Crippen LogP contribution >= 0.6 is 22.6 Å². The lowest BCUT2D eigenvalue weighted by Gasteiger charge is -2.11. The van der Waals surface area contributed by atoms with Crippen molar-refractivity contribution < 1.29 is 9.18 Å². The molecule has 0 saturated carbocycles. The number of halogens is 2. The molecule has 0 aromatic heterocycles. The Morgan fingerprint density at radius 3 is 2.78 bits per heavy atom. The Morgan fingerprint density at radius 1 is 1.39 bits per heavy atom. The van der Waals surface area contributed by atoms with Crippen LogP contribution in [0.1, 0.15) is 5.56 Å². The van der Waals surface area contributed by atoms with Gasteiger partial charge in [0.15, 0.2) is 5.95 Å². The summed E-state index contributed by atoms with van der Waals surface area (Å²) in [7, 11) is 0. The smallest absolute Gasteiger partial charge is 0.256 e. The average Bonchev–Trinajstić information content (AvgIpc) is 2.38. The van der Waals surface area contributed by atoms with Gasteiger partial charge in [-0.3, -0.25) is 4.79 Å². The van der Waals surface area contributed by atoms with Gasteiger partial charge in [-0.05, 0) is 46.4 Å². The fraction of sp³-hybridized carbons (Fsp3) is 0.154. The number of amides is 1. The summed E-state index contributed by atoms with van der Waals surface area (Å²) in [4.78, 5) is 11.7. The summed E-state index contributed by atoms with van der Waals surface area (Å²) in [5, 5.41) is 5.17. The van der Waals surface area contributed by atoms with Crippen LogP contribution in [-0.4, -0.2) is 12.5 Å². The first-order chi connectivity index (χ1) is 8.66. The second-order valence-corrected chi connectivity index (χ2v) is 5.07. The van der Waals surface area contributed by atoms with Crippen molar-refractivity contribution >= 4 is 28.5 Å². The van der Waals surface area contributed by atoms with Crippen LogP contribution in [0.5, 0.6) is 0 Å². The van der Waals surface area contributed by atoms with Gasteiger partial charge in [-0.2, -0.15) is 4.39 Å². The number of rotatable bonds is 3. The minimum atomic E-state index is -0.572. The van der Waals surface area contributed by atoms with Crippen molar-refractivity contribution in [3.8, 4) is 0 Å². The molecule has 3 nitrogen and oxygen atoms in total. The van der Waals surface area contributed by atoms with Gasteiger partial charge in [0.1, 0.15) is 0 Å². The largest absolute Gasteiger partial charge is 0.358 e. The predicted octanol–water partition coefficient (Wildman–Crippen LogP) is 2.25. The van der Waals surface area contributed by atoms with Crippen molar-refractivity contribution in [1.82, 2.24) is 10.6 Å². The molecule has 5 heteroatoms. The van der Waals surface area contributed by atoms with E-state index in [-0.39, 0.29) is 5.57 Å². The van der Waals surface area contributed by atoms with E-state index in [1.54, 1.807) is 6.08 Å². The van der Waals surface area contributed by atoms with Crippen LogP contribution in [0.15, 0.2) is 47.9 Å². The summed E-state index contributed by atoms with van der Waals surface area (Å²) in [6.45, 7) is 0.806. The third-order valence-electron chi connectivity index (χ3n) is 2.51. The molecule has 1 aromatic carbocycles. The molecular weight excluding hydrogens is 346 g/mol. The molecule has 1 aliphatic rings. The molecule has 2 N–H and O–H groups in total. The second-order valence-electron chi connectivity index (χ2n) is 3.82. The van der Waals surface area contributed by atoms with Crippen molar-refractivity contribution in [1.29, 1.82) is 0 Å². The molecule has 0 bridgehead atoms. The van der Waals surface area contributed by atoms with Crippen LogP contribution in [0, 0.1) is 3.57 Å². The standard InChI is InChI=1S/C13H12FIN2O/c14-12-11(2-1-7-16-12)13(18)17-8-9-3-5-10(15)6-4-9/h1-6,16H,7-8H2,(H,17,18). The molecule has 1 heterocycles. The van der Waals surface area contributed by atoms with Crippen LogP contribution in [0.2, 0.25) is 0 Å². The van der Waals surface area contributed by atoms with Crippen molar-refractivity contribution in [2.24, 2.45) is 0 Å². The number of carbonyl (C=O) groups excluding carboxylic acids is 1. The van der Waals surface area contributed by atoms with E-state index in [2.05, 4.69) is 33.2 Å². The van der Waals surface area contributed by atoms with Crippen molar-refractivity contribution in [2.75, 3.05) is 6.54 Å². The van der Waals surface area contributed by atoms with Crippen LogP contribution in [0.25, 0.3) is 0 Å². The summed E-state index contributed by atoms with van der Waals surface area (Å²) < 4.78 is 14.5. The summed E-state index contributed by atoms with van der Waals surface area (Å²) in [5.74, 6) is -0.980. The summed E-state index contributed by atoms with van der Waals surface area (Å²) in [6, 6.07) is 7.79. The van der Waals surface area contributed by atoms with Gasteiger partial charge >= 0.3 is 0 Å². The molecule has 0 aliphatic carbocycles. The molecule has 2 rings (SSSR count). The molecular formula is C13H12FIN2O. The average molecular weight is 358 g/mol. The molecule has 0 unspecified atom stereocenters. The van der Waals surface area contributed by atoms with E-state index in [4.69, 9.17) is 0 Å². The molecule has 0 fully saturated rings. The molecule has 94 valence electrons. The highest BCUT2D eigenvalue weighted by Gasteiger charge is 2.14. The van der Waals surface area contributed by atoms with Crippen molar-refractivity contribution in [3.63, 3.8) is 0 Å². The van der Waals surface area contributed by atoms with Crippen LogP contribution in [-0.2, 0) is 11.3 Å². The Kier molecular flexibility index (Phi) is 4.35. The van der Waals surface area contributed by atoms with Gasteiger partial charge in [0.2, 0.25) is 0 Å². The lowest BCUT2D eigenvalue weighted by Crippen LogP contribution is -2.28. The minimum Gasteiger partial charge on any atom is -0.358 e. The van der Waals surface area contributed by atoms with Crippen molar-refractivity contribution in [3.05, 3.63) is 57.1 Å². The van der Waals surface area contributed by atoms with E-state index >= 15 is 0 Å². The summed E-state index contributed by atoms with van der Waals surface area (Å²) in [5.41, 5.74) is 1.03. The van der Waals surface area contributed by atoms with E-state index in [1.807, 2.05) is 24.3 Å².